The number of aliphatic carboxylic acids is 1. The number of fused-ring (bicyclic) bond motifs is 1. The first-order valence-corrected chi connectivity index (χ1v) is 5.42. The van der Waals surface area contributed by atoms with E-state index in [-0.39, 0.29) is 5.75 Å². The number of H-pyrrole nitrogens is 1. The van der Waals surface area contributed by atoms with Crippen molar-refractivity contribution in [2.45, 2.75) is 20.3 Å². The predicted octanol–water partition coefficient (Wildman–Crippen LogP) is 2.53. The molecule has 3 N–H and O–H groups in total. The molecule has 1 aromatic heterocycles. The molecule has 0 amide bonds. The average molecular weight is 233 g/mol. The van der Waals surface area contributed by atoms with Crippen molar-refractivity contribution in [2.75, 3.05) is 0 Å². The van der Waals surface area contributed by atoms with Gasteiger partial charge in [-0.3, -0.25) is 4.79 Å². The van der Waals surface area contributed by atoms with Gasteiger partial charge >= 0.3 is 5.97 Å². The van der Waals surface area contributed by atoms with Crippen LogP contribution in [0.3, 0.4) is 0 Å². The lowest BCUT2D eigenvalue weighted by Crippen LogP contribution is -2.26. The first-order chi connectivity index (χ1) is 7.90. The number of aromatic hydroxyl groups is 1. The summed E-state index contributed by atoms with van der Waals surface area (Å²) in [6.45, 7) is 3.38. The van der Waals surface area contributed by atoms with Crippen LogP contribution in [0.1, 0.15) is 19.4 Å². The second-order valence-electron chi connectivity index (χ2n) is 4.91. The van der Waals surface area contributed by atoms with Crippen LogP contribution in [0, 0.1) is 5.41 Å². The summed E-state index contributed by atoms with van der Waals surface area (Å²) in [5.74, 6) is -0.640. The van der Waals surface area contributed by atoms with Gasteiger partial charge in [0.1, 0.15) is 5.75 Å². The summed E-state index contributed by atoms with van der Waals surface area (Å²) in [7, 11) is 0. The fourth-order valence-corrected chi connectivity index (χ4v) is 1.86. The number of hydrogen-bond acceptors (Lipinski definition) is 2. The van der Waals surface area contributed by atoms with Gasteiger partial charge in [0.25, 0.3) is 0 Å². The third-order valence-electron chi connectivity index (χ3n) is 2.96. The number of carboxylic acid groups (broad SMARTS) is 1. The van der Waals surface area contributed by atoms with E-state index in [1.165, 1.54) is 0 Å². The molecule has 0 atom stereocenters. The van der Waals surface area contributed by atoms with E-state index in [4.69, 9.17) is 5.11 Å². The topological polar surface area (TPSA) is 73.3 Å². The van der Waals surface area contributed by atoms with Gasteiger partial charge in [-0.25, -0.2) is 0 Å². The molecular formula is C13H15NO3. The molecule has 2 aromatic rings. The predicted molar refractivity (Wildman–Crippen MR) is 65.1 cm³/mol. The maximum Gasteiger partial charge on any atom is 0.309 e. The number of carboxylic acids is 1. The van der Waals surface area contributed by atoms with E-state index in [0.29, 0.717) is 6.42 Å². The van der Waals surface area contributed by atoms with Crippen molar-refractivity contribution in [3.63, 3.8) is 0 Å². The number of benzene rings is 1. The smallest absolute Gasteiger partial charge is 0.309 e. The Labute approximate surface area is 98.9 Å². The number of aromatic nitrogens is 1. The van der Waals surface area contributed by atoms with Crippen molar-refractivity contribution in [1.82, 2.24) is 4.98 Å². The minimum absolute atomic E-state index is 0.187. The van der Waals surface area contributed by atoms with Gasteiger partial charge < -0.3 is 15.2 Å². The second kappa shape index (κ2) is 3.80. The highest BCUT2D eigenvalue weighted by Gasteiger charge is 2.28. The van der Waals surface area contributed by atoms with E-state index in [2.05, 4.69) is 4.98 Å². The van der Waals surface area contributed by atoms with Gasteiger partial charge in [-0.15, -0.1) is 0 Å². The monoisotopic (exact) mass is 233 g/mol. The number of aromatic amines is 1. The highest BCUT2D eigenvalue weighted by Crippen LogP contribution is 2.29. The number of rotatable bonds is 3. The summed E-state index contributed by atoms with van der Waals surface area (Å²) in [6, 6.07) is 5.03. The van der Waals surface area contributed by atoms with Crippen LogP contribution in [0.5, 0.6) is 5.75 Å². The second-order valence-corrected chi connectivity index (χ2v) is 4.91. The molecule has 4 heteroatoms. The third kappa shape index (κ3) is 2.11. The lowest BCUT2D eigenvalue weighted by atomic mass is 9.86. The Hall–Kier alpha value is -1.97. The first kappa shape index (κ1) is 11.5. The van der Waals surface area contributed by atoms with Gasteiger partial charge in [0.05, 0.1) is 5.41 Å². The molecule has 90 valence electrons. The minimum Gasteiger partial charge on any atom is -0.508 e. The van der Waals surface area contributed by atoms with Gasteiger partial charge in [-0.2, -0.15) is 0 Å². The molecule has 0 unspecified atom stereocenters. The SMILES string of the molecule is CC(C)(Cc1c[nH]c2ccc(O)cc12)C(=O)O. The van der Waals surface area contributed by atoms with Crippen LogP contribution in [-0.4, -0.2) is 21.2 Å². The van der Waals surface area contributed by atoms with Crippen LogP contribution in [0.2, 0.25) is 0 Å². The van der Waals surface area contributed by atoms with E-state index in [9.17, 15) is 9.90 Å². The van der Waals surface area contributed by atoms with Crippen LogP contribution >= 0.6 is 0 Å². The zero-order valence-corrected chi connectivity index (χ0v) is 9.82. The molecular weight excluding hydrogens is 218 g/mol. The Morgan fingerprint density at radius 2 is 2.12 bits per heavy atom. The van der Waals surface area contributed by atoms with Crippen LogP contribution in [0.25, 0.3) is 10.9 Å². The van der Waals surface area contributed by atoms with E-state index < -0.39 is 11.4 Å². The molecule has 0 aliphatic rings. The molecule has 17 heavy (non-hydrogen) atoms. The van der Waals surface area contributed by atoms with Gasteiger partial charge in [-0.1, -0.05) is 0 Å². The molecule has 0 bridgehead atoms. The van der Waals surface area contributed by atoms with Crippen LogP contribution in [-0.2, 0) is 11.2 Å². The van der Waals surface area contributed by atoms with Gasteiger partial charge in [-0.05, 0) is 44.0 Å². The Balaban J connectivity index is 2.43. The van der Waals surface area contributed by atoms with Crippen molar-refractivity contribution in [3.05, 3.63) is 30.0 Å². The number of hydrogen-bond donors (Lipinski definition) is 3. The molecule has 0 saturated heterocycles. The molecule has 0 fully saturated rings. The van der Waals surface area contributed by atoms with Crippen LogP contribution in [0.15, 0.2) is 24.4 Å². The Bertz CT molecular complexity index is 569. The summed E-state index contributed by atoms with van der Waals surface area (Å²) in [5.41, 5.74) is 0.989. The van der Waals surface area contributed by atoms with Crippen LogP contribution in [0.4, 0.5) is 0 Å². The molecule has 0 radical (unpaired) electrons. The maximum atomic E-state index is 11.1. The summed E-state index contributed by atoms with van der Waals surface area (Å²) < 4.78 is 0. The first-order valence-electron chi connectivity index (χ1n) is 5.42. The standard InChI is InChI=1S/C13H15NO3/c1-13(2,12(16)17)6-8-7-14-11-4-3-9(15)5-10(8)11/h3-5,7,14-15H,6H2,1-2H3,(H,16,17). The summed E-state index contributed by atoms with van der Waals surface area (Å²) >= 11 is 0. The highest BCUT2D eigenvalue weighted by molar-refractivity contribution is 5.85. The average Bonchev–Trinajstić information content (AvgIpc) is 2.60. The number of nitrogens with one attached hydrogen (secondary N) is 1. The Morgan fingerprint density at radius 1 is 1.41 bits per heavy atom. The largest absolute Gasteiger partial charge is 0.508 e. The van der Waals surface area contributed by atoms with E-state index >= 15 is 0 Å². The molecule has 0 saturated carbocycles. The fraction of sp³-hybridized carbons (Fsp3) is 0.308. The third-order valence-corrected chi connectivity index (χ3v) is 2.96. The summed E-state index contributed by atoms with van der Waals surface area (Å²) in [6.07, 6.45) is 2.22. The molecule has 1 heterocycles. The van der Waals surface area contributed by atoms with Gasteiger partial charge in [0.15, 0.2) is 0 Å². The number of carbonyl (C=O) groups is 1. The van der Waals surface area contributed by atoms with Crippen molar-refractivity contribution in [2.24, 2.45) is 5.41 Å². The van der Waals surface area contributed by atoms with Crippen LogP contribution < -0.4 is 0 Å². The normalized spacial score (nSPS) is 11.9. The molecule has 0 aliphatic heterocycles. The quantitative estimate of drug-likeness (QED) is 0.762. The van der Waals surface area contributed by atoms with E-state index in [1.807, 2.05) is 0 Å². The minimum atomic E-state index is -0.827. The highest BCUT2D eigenvalue weighted by atomic mass is 16.4. The molecule has 0 spiro atoms. The number of phenolic OH excluding ortho intramolecular Hbond substituents is 1. The zero-order chi connectivity index (χ0) is 12.6. The number of phenols is 1. The maximum absolute atomic E-state index is 11.1. The van der Waals surface area contributed by atoms with Gasteiger partial charge in [0.2, 0.25) is 0 Å². The van der Waals surface area contributed by atoms with Crippen molar-refractivity contribution in [1.29, 1.82) is 0 Å². The summed E-state index contributed by atoms with van der Waals surface area (Å²) in [4.78, 5) is 14.2. The lowest BCUT2D eigenvalue weighted by Gasteiger charge is -2.18. The van der Waals surface area contributed by atoms with Crippen molar-refractivity contribution < 1.29 is 15.0 Å². The Kier molecular flexibility index (Phi) is 2.58. The molecule has 4 nitrogen and oxygen atoms in total. The molecule has 1 aromatic carbocycles. The molecule has 2 rings (SSSR count). The lowest BCUT2D eigenvalue weighted by molar-refractivity contribution is -0.146. The molecule has 0 aliphatic carbocycles. The summed E-state index contributed by atoms with van der Waals surface area (Å²) in [5, 5.41) is 19.4. The van der Waals surface area contributed by atoms with Crippen molar-refractivity contribution >= 4 is 16.9 Å². The van der Waals surface area contributed by atoms with Gasteiger partial charge in [0, 0.05) is 17.1 Å². The fourth-order valence-electron chi connectivity index (χ4n) is 1.86. The Morgan fingerprint density at radius 3 is 2.76 bits per heavy atom. The van der Waals surface area contributed by atoms with E-state index in [1.54, 1.807) is 38.2 Å². The van der Waals surface area contributed by atoms with E-state index in [0.717, 1.165) is 16.5 Å². The van der Waals surface area contributed by atoms with Crippen molar-refractivity contribution in [3.8, 4) is 5.75 Å². The zero-order valence-electron chi connectivity index (χ0n) is 9.82.